The lowest BCUT2D eigenvalue weighted by Gasteiger charge is -2.00. The second-order valence-electron chi connectivity index (χ2n) is 5.02. The van der Waals surface area contributed by atoms with Crippen LogP contribution in [0.5, 0.6) is 0 Å². The van der Waals surface area contributed by atoms with Crippen molar-refractivity contribution in [2.24, 2.45) is 0 Å². The van der Waals surface area contributed by atoms with Gasteiger partial charge in [0.25, 0.3) is 0 Å². The number of fused-ring (bicyclic) bond motifs is 1. The van der Waals surface area contributed by atoms with Crippen LogP contribution < -0.4 is 0 Å². The summed E-state index contributed by atoms with van der Waals surface area (Å²) >= 11 is 0. The molecular weight excluding hydrogens is 290 g/mol. The number of hydrogen-bond donors (Lipinski definition) is 1. The van der Waals surface area contributed by atoms with Crippen molar-refractivity contribution in [1.82, 2.24) is 4.98 Å². The average molecular weight is 305 g/mol. The van der Waals surface area contributed by atoms with Gasteiger partial charge in [-0.3, -0.25) is 4.79 Å². The molecule has 0 aliphatic carbocycles. The van der Waals surface area contributed by atoms with Crippen LogP contribution in [0.15, 0.2) is 60.7 Å². The zero-order valence-electron chi connectivity index (χ0n) is 12.6. The summed E-state index contributed by atoms with van der Waals surface area (Å²) in [4.78, 5) is 27.6. The number of allylic oxidation sites excluding steroid dienone is 1. The van der Waals surface area contributed by atoms with Gasteiger partial charge in [0.1, 0.15) is 5.69 Å². The number of carbonyl (C=O) groups is 2. The van der Waals surface area contributed by atoms with Crippen molar-refractivity contribution in [2.75, 3.05) is 7.11 Å². The lowest BCUT2D eigenvalue weighted by atomic mass is 10.1. The molecular formula is C19H15NO3. The van der Waals surface area contributed by atoms with Gasteiger partial charge >= 0.3 is 5.97 Å². The normalized spacial score (nSPS) is 11.0. The summed E-state index contributed by atoms with van der Waals surface area (Å²) in [6.45, 7) is 0. The molecule has 0 bridgehead atoms. The maximum atomic E-state index is 12.5. The van der Waals surface area contributed by atoms with Gasteiger partial charge in [-0.1, -0.05) is 54.6 Å². The molecule has 0 atom stereocenters. The van der Waals surface area contributed by atoms with Crippen LogP contribution >= 0.6 is 0 Å². The fraction of sp³-hybridized carbons (Fsp3) is 0.0526. The number of carbonyl (C=O) groups excluding carboxylic acids is 2. The van der Waals surface area contributed by atoms with Crippen LogP contribution in [0, 0.1) is 0 Å². The van der Waals surface area contributed by atoms with E-state index in [1.165, 1.54) is 13.2 Å². The van der Waals surface area contributed by atoms with E-state index in [4.69, 9.17) is 4.74 Å². The number of ether oxygens (including phenoxy) is 1. The first-order valence-electron chi connectivity index (χ1n) is 7.17. The molecule has 0 radical (unpaired) electrons. The lowest BCUT2D eigenvalue weighted by molar-refractivity contribution is 0.0600. The molecule has 23 heavy (non-hydrogen) atoms. The summed E-state index contributed by atoms with van der Waals surface area (Å²) in [6, 6.07) is 16.8. The minimum atomic E-state index is -0.529. The van der Waals surface area contributed by atoms with Crippen LogP contribution in [0.3, 0.4) is 0 Å². The first-order valence-corrected chi connectivity index (χ1v) is 7.17. The fourth-order valence-electron chi connectivity index (χ4n) is 2.46. The number of aromatic nitrogens is 1. The minimum absolute atomic E-state index is 0.241. The van der Waals surface area contributed by atoms with Gasteiger partial charge in [0.2, 0.25) is 5.78 Å². The highest BCUT2D eigenvalue weighted by atomic mass is 16.5. The maximum Gasteiger partial charge on any atom is 0.340 e. The number of methoxy groups -OCH3 is 1. The fourth-order valence-corrected chi connectivity index (χ4v) is 2.46. The van der Waals surface area contributed by atoms with Crippen LogP contribution in [0.25, 0.3) is 17.0 Å². The smallest absolute Gasteiger partial charge is 0.340 e. The van der Waals surface area contributed by atoms with Gasteiger partial charge < -0.3 is 9.72 Å². The minimum Gasteiger partial charge on any atom is -0.465 e. The Hall–Kier alpha value is -3.14. The number of hydrogen-bond acceptors (Lipinski definition) is 3. The zero-order chi connectivity index (χ0) is 16.2. The Kier molecular flexibility index (Phi) is 4.06. The summed E-state index contributed by atoms with van der Waals surface area (Å²) in [5.74, 6) is -0.802. The summed E-state index contributed by atoms with van der Waals surface area (Å²) < 4.78 is 4.82. The number of para-hydroxylation sites is 1. The van der Waals surface area contributed by atoms with Crippen molar-refractivity contribution in [3.8, 4) is 0 Å². The van der Waals surface area contributed by atoms with Gasteiger partial charge in [0, 0.05) is 10.9 Å². The van der Waals surface area contributed by atoms with Crippen molar-refractivity contribution in [2.45, 2.75) is 0 Å². The summed E-state index contributed by atoms with van der Waals surface area (Å²) in [7, 11) is 1.30. The molecule has 0 saturated heterocycles. The predicted molar refractivity (Wildman–Crippen MR) is 89.4 cm³/mol. The van der Waals surface area contributed by atoms with Crippen LogP contribution in [0.1, 0.15) is 26.4 Å². The topological polar surface area (TPSA) is 59.2 Å². The zero-order valence-corrected chi connectivity index (χ0v) is 12.6. The van der Waals surface area contributed by atoms with E-state index in [1.807, 2.05) is 48.5 Å². The number of aromatic amines is 1. The van der Waals surface area contributed by atoms with Gasteiger partial charge in [-0.15, -0.1) is 0 Å². The highest BCUT2D eigenvalue weighted by molar-refractivity contribution is 6.18. The molecule has 0 amide bonds. The highest BCUT2D eigenvalue weighted by Gasteiger charge is 2.22. The molecule has 1 N–H and O–H groups in total. The molecule has 4 nitrogen and oxygen atoms in total. The second kappa shape index (κ2) is 6.32. The van der Waals surface area contributed by atoms with E-state index in [0.29, 0.717) is 5.39 Å². The molecule has 0 fully saturated rings. The summed E-state index contributed by atoms with van der Waals surface area (Å²) in [6.07, 6.45) is 3.17. The van der Waals surface area contributed by atoms with Crippen molar-refractivity contribution < 1.29 is 14.3 Å². The van der Waals surface area contributed by atoms with Crippen LogP contribution in [0.4, 0.5) is 0 Å². The molecule has 0 aliphatic rings. The number of benzene rings is 2. The molecule has 4 heteroatoms. The van der Waals surface area contributed by atoms with E-state index in [-0.39, 0.29) is 17.0 Å². The number of esters is 1. The first kappa shape index (κ1) is 14.8. The number of H-pyrrole nitrogens is 1. The highest BCUT2D eigenvalue weighted by Crippen LogP contribution is 2.24. The van der Waals surface area contributed by atoms with E-state index >= 15 is 0 Å². The molecule has 3 aromatic rings. The Bertz CT molecular complexity index is 891. The number of nitrogens with one attached hydrogen (secondary N) is 1. The van der Waals surface area contributed by atoms with Gasteiger partial charge in [-0.25, -0.2) is 4.79 Å². The van der Waals surface area contributed by atoms with Crippen molar-refractivity contribution in [3.63, 3.8) is 0 Å². The summed E-state index contributed by atoms with van der Waals surface area (Å²) in [5, 5.41) is 0.677. The third-order valence-electron chi connectivity index (χ3n) is 3.57. The molecule has 0 spiro atoms. The van der Waals surface area contributed by atoms with E-state index in [1.54, 1.807) is 12.1 Å². The Labute approximate surface area is 133 Å². The molecule has 0 aliphatic heterocycles. The molecule has 3 rings (SSSR count). The predicted octanol–water partition coefficient (Wildman–Crippen LogP) is 3.85. The molecule has 0 unspecified atom stereocenters. The third kappa shape index (κ3) is 2.92. The number of ketones is 1. The molecule has 1 aromatic heterocycles. The lowest BCUT2D eigenvalue weighted by Crippen LogP contribution is -2.07. The van der Waals surface area contributed by atoms with Gasteiger partial charge in [0.05, 0.1) is 12.7 Å². The SMILES string of the molecule is COC(=O)c1c(C(=O)/C=C\c2ccccc2)[nH]c2ccccc12. The maximum absolute atomic E-state index is 12.5. The molecule has 0 saturated carbocycles. The average Bonchev–Trinajstić information content (AvgIpc) is 2.99. The van der Waals surface area contributed by atoms with Crippen LogP contribution in [-0.2, 0) is 4.74 Å². The van der Waals surface area contributed by atoms with Crippen molar-refractivity contribution >= 4 is 28.7 Å². The standard InChI is InChI=1S/C19H15NO3/c1-23-19(22)17-14-9-5-6-10-15(14)20-18(17)16(21)12-11-13-7-3-2-4-8-13/h2-12,20H,1H3/b12-11-. The Morgan fingerprint density at radius 1 is 1.00 bits per heavy atom. The van der Waals surface area contributed by atoms with Crippen molar-refractivity contribution in [3.05, 3.63) is 77.5 Å². The monoisotopic (exact) mass is 305 g/mol. The Balaban J connectivity index is 2.03. The van der Waals surface area contributed by atoms with E-state index in [0.717, 1.165) is 11.1 Å². The third-order valence-corrected chi connectivity index (χ3v) is 3.57. The van der Waals surface area contributed by atoms with Crippen LogP contribution in [0.2, 0.25) is 0 Å². The largest absolute Gasteiger partial charge is 0.465 e. The summed E-state index contributed by atoms with van der Waals surface area (Å²) in [5.41, 5.74) is 2.15. The van der Waals surface area contributed by atoms with Gasteiger partial charge in [-0.05, 0) is 17.7 Å². The molecule has 1 heterocycles. The van der Waals surface area contributed by atoms with E-state index in [2.05, 4.69) is 4.98 Å². The van der Waals surface area contributed by atoms with E-state index < -0.39 is 5.97 Å². The van der Waals surface area contributed by atoms with Crippen molar-refractivity contribution in [1.29, 1.82) is 0 Å². The van der Waals surface area contributed by atoms with Gasteiger partial charge in [-0.2, -0.15) is 0 Å². The molecule has 114 valence electrons. The molecule has 2 aromatic carbocycles. The first-order chi connectivity index (χ1) is 11.2. The van der Waals surface area contributed by atoms with E-state index in [9.17, 15) is 9.59 Å². The Morgan fingerprint density at radius 2 is 1.70 bits per heavy atom. The second-order valence-corrected chi connectivity index (χ2v) is 5.02. The number of rotatable bonds is 4. The van der Waals surface area contributed by atoms with Crippen LogP contribution in [-0.4, -0.2) is 23.8 Å². The van der Waals surface area contributed by atoms with Gasteiger partial charge in [0.15, 0.2) is 0 Å². The quantitative estimate of drug-likeness (QED) is 0.452. The Morgan fingerprint density at radius 3 is 2.43 bits per heavy atom.